The summed E-state index contributed by atoms with van der Waals surface area (Å²) in [6, 6.07) is 13.9. The topological polar surface area (TPSA) is 76.7 Å². The zero-order chi connectivity index (χ0) is 17.5. The molecule has 0 saturated heterocycles. The number of nitrogens with one attached hydrogen (secondary N) is 2. The van der Waals surface area contributed by atoms with Gasteiger partial charge in [-0.1, -0.05) is 24.3 Å². The van der Waals surface area contributed by atoms with Crippen molar-refractivity contribution < 1.29 is 19.1 Å². The number of benzene rings is 2. The molecule has 2 aromatic carbocycles. The van der Waals surface area contributed by atoms with Gasteiger partial charge in [0.05, 0.1) is 18.4 Å². The number of carbonyl (C=O) groups excluding carboxylic acids is 2. The van der Waals surface area contributed by atoms with Crippen LogP contribution in [0.3, 0.4) is 0 Å². The van der Waals surface area contributed by atoms with E-state index in [4.69, 9.17) is 9.47 Å². The molecule has 0 heterocycles. The Morgan fingerprint density at radius 2 is 1.62 bits per heavy atom. The summed E-state index contributed by atoms with van der Waals surface area (Å²) in [5.41, 5.74) is 0.815. The zero-order valence-electron chi connectivity index (χ0n) is 13.8. The SMILES string of the molecule is CNC(=O)c1ccccc1NC(=O)[C@H](C)Oc1ccccc1OC. The number of amides is 2. The molecule has 0 aliphatic rings. The second-order valence-electron chi connectivity index (χ2n) is 5.02. The second kappa shape index (κ2) is 8.01. The van der Waals surface area contributed by atoms with E-state index in [1.165, 1.54) is 14.2 Å². The summed E-state index contributed by atoms with van der Waals surface area (Å²) < 4.78 is 10.9. The lowest BCUT2D eigenvalue weighted by molar-refractivity contribution is -0.122. The smallest absolute Gasteiger partial charge is 0.265 e. The van der Waals surface area contributed by atoms with Crippen LogP contribution in [0.15, 0.2) is 48.5 Å². The Labute approximate surface area is 140 Å². The van der Waals surface area contributed by atoms with Gasteiger partial charge in [0.15, 0.2) is 17.6 Å². The highest BCUT2D eigenvalue weighted by Gasteiger charge is 2.19. The lowest BCUT2D eigenvalue weighted by Gasteiger charge is -2.17. The second-order valence-corrected chi connectivity index (χ2v) is 5.02. The van der Waals surface area contributed by atoms with Crippen LogP contribution in [0.1, 0.15) is 17.3 Å². The molecule has 0 aromatic heterocycles. The Morgan fingerprint density at radius 3 is 2.29 bits per heavy atom. The van der Waals surface area contributed by atoms with Crippen molar-refractivity contribution in [1.82, 2.24) is 5.32 Å². The molecule has 2 rings (SSSR count). The van der Waals surface area contributed by atoms with Gasteiger partial charge >= 0.3 is 0 Å². The predicted molar refractivity (Wildman–Crippen MR) is 91.5 cm³/mol. The summed E-state index contributed by atoms with van der Waals surface area (Å²) in [6.45, 7) is 1.63. The quantitative estimate of drug-likeness (QED) is 0.854. The van der Waals surface area contributed by atoms with E-state index < -0.39 is 6.10 Å². The maximum atomic E-state index is 12.4. The summed E-state index contributed by atoms with van der Waals surface area (Å²) in [5.74, 6) is 0.381. The van der Waals surface area contributed by atoms with E-state index >= 15 is 0 Å². The lowest BCUT2D eigenvalue weighted by atomic mass is 10.1. The molecule has 6 nitrogen and oxygen atoms in total. The van der Waals surface area contributed by atoms with Gasteiger partial charge in [-0.2, -0.15) is 0 Å². The van der Waals surface area contributed by atoms with Crippen molar-refractivity contribution in [2.24, 2.45) is 0 Å². The number of rotatable bonds is 6. The first kappa shape index (κ1) is 17.3. The van der Waals surface area contributed by atoms with Crippen LogP contribution in [0.5, 0.6) is 11.5 Å². The Morgan fingerprint density at radius 1 is 1.00 bits per heavy atom. The summed E-state index contributed by atoms with van der Waals surface area (Å²) in [6.07, 6.45) is -0.765. The predicted octanol–water partition coefficient (Wildman–Crippen LogP) is 2.46. The molecule has 0 bridgehead atoms. The highest BCUT2D eigenvalue weighted by molar-refractivity contribution is 6.04. The normalized spacial score (nSPS) is 11.3. The van der Waals surface area contributed by atoms with Crippen LogP contribution in [0.25, 0.3) is 0 Å². The van der Waals surface area contributed by atoms with Crippen LogP contribution < -0.4 is 20.1 Å². The van der Waals surface area contributed by atoms with E-state index in [0.717, 1.165) is 0 Å². The van der Waals surface area contributed by atoms with Gasteiger partial charge in [-0.15, -0.1) is 0 Å². The molecule has 24 heavy (non-hydrogen) atoms. The molecule has 0 aliphatic heterocycles. The van der Waals surface area contributed by atoms with Gasteiger partial charge in [-0.25, -0.2) is 0 Å². The molecular weight excluding hydrogens is 308 g/mol. The van der Waals surface area contributed by atoms with E-state index in [-0.39, 0.29) is 11.8 Å². The minimum atomic E-state index is -0.765. The highest BCUT2D eigenvalue weighted by atomic mass is 16.5. The first-order chi connectivity index (χ1) is 11.6. The van der Waals surface area contributed by atoms with E-state index in [2.05, 4.69) is 10.6 Å². The van der Waals surface area contributed by atoms with Gasteiger partial charge in [0.1, 0.15) is 0 Å². The van der Waals surface area contributed by atoms with Crippen molar-refractivity contribution in [3.05, 3.63) is 54.1 Å². The molecule has 2 amide bonds. The van der Waals surface area contributed by atoms with Gasteiger partial charge in [0.25, 0.3) is 11.8 Å². The maximum absolute atomic E-state index is 12.4. The Balaban J connectivity index is 2.11. The number of carbonyl (C=O) groups is 2. The number of methoxy groups -OCH3 is 1. The van der Waals surface area contributed by atoms with Crippen molar-refractivity contribution in [3.8, 4) is 11.5 Å². The molecule has 2 N–H and O–H groups in total. The molecule has 1 atom stereocenters. The fourth-order valence-corrected chi connectivity index (χ4v) is 2.12. The van der Waals surface area contributed by atoms with Crippen LogP contribution in [0, 0.1) is 0 Å². The number of hydrogen-bond donors (Lipinski definition) is 2. The first-order valence-corrected chi connectivity index (χ1v) is 7.48. The largest absolute Gasteiger partial charge is 0.493 e. The van der Waals surface area contributed by atoms with Crippen molar-refractivity contribution in [2.75, 3.05) is 19.5 Å². The van der Waals surface area contributed by atoms with Crippen molar-refractivity contribution in [1.29, 1.82) is 0 Å². The molecule has 6 heteroatoms. The first-order valence-electron chi connectivity index (χ1n) is 7.48. The van der Waals surface area contributed by atoms with Crippen molar-refractivity contribution in [2.45, 2.75) is 13.0 Å². The molecular formula is C18H20N2O4. The molecule has 126 valence electrons. The van der Waals surface area contributed by atoms with E-state index in [9.17, 15) is 9.59 Å². The van der Waals surface area contributed by atoms with E-state index in [1.54, 1.807) is 49.4 Å². The molecule has 0 unspecified atom stereocenters. The van der Waals surface area contributed by atoms with Crippen molar-refractivity contribution >= 4 is 17.5 Å². The zero-order valence-corrected chi connectivity index (χ0v) is 13.8. The third-order valence-electron chi connectivity index (χ3n) is 3.40. The van der Waals surface area contributed by atoms with Crippen molar-refractivity contribution in [3.63, 3.8) is 0 Å². The van der Waals surface area contributed by atoms with Gasteiger partial charge in [-0.3, -0.25) is 9.59 Å². The van der Waals surface area contributed by atoms with Crippen LogP contribution >= 0.6 is 0 Å². The minimum absolute atomic E-state index is 0.274. The molecule has 0 saturated carbocycles. The van der Waals surface area contributed by atoms with Crippen LogP contribution in [0.2, 0.25) is 0 Å². The number of ether oxygens (including phenoxy) is 2. The van der Waals surface area contributed by atoms with Gasteiger partial charge in [0, 0.05) is 7.05 Å². The highest BCUT2D eigenvalue weighted by Crippen LogP contribution is 2.27. The Kier molecular flexibility index (Phi) is 5.78. The van der Waals surface area contributed by atoms with Crippen LogP contribution in [-0.2, 0) is 4.79 Å². The molecule has 0 aliphatic carbocycles. The van der Waals surface area contributed by atoms with E-state index in [1.807, 2.05) is 6.07 Å². The van der Waals surface area contributed by atoms with Crippen LogP contribution in [-0.4, -0.2) is 32.1 Å². The molecule has 0 radical (unpaired) electrons. The average Bonchev–Trinajstić information content (AvgIpc) is 2.61. The number of hydrogen-bond acceptors (Lipinski definition) is 4. The summed E-state index contributed by atoms with van der Waals surface area (Å²) in [7, 11) is 3.07. The minimum Gasteiger partial charge on any atom is -0.493 e. The summed E-state index contributed by atoms with van der Waals surface area (Å²) >= 11 is 0. The third-order valence-corrected chi connectivity index (χ3v) is 3.40. The lowest BCUT2D eigenvalue weighted by Crippen LogP contribution is -2.31. The average molecular weight is 328 g/mol. The third kappa shape index (κ3) is 4.04. The number of para-hydroxylation sites is 3. The summed E-state index contributed by atoms with van der Waals surface area (Å²) in [5, 5.41) is 5.26. The summed E-state index contributed by atoms with van der Waals surface area (Å²) in [4.78, 5) is 24.2. The Bertz CT molecular complexity index is 730. The molecule has 0 fully saturated rings. The standard InChI is InChI=1S/C18H20N2O4/c1-12(24-16-11-7-6-10-15(16)23-3)17(21)20-14-9-5-4-8-13(14)18(22)19-2/h4-12H,1-3H3,(H,19,22)(H,20,21)/t12-/m0/s1. The fraction of sp³-hybridized carbons (Fsp3) is 0.222. The van der Waals surface area contributed by atoms with Gasteiger partial charge in [0.2, 0.25) is 0 Å². The number of anilines is 1. The van der Waals surface area contributed by atoms with Gasteiger partial charge < -0.3 is 20.1 Å². The Hall–Kier alpha value is -3.02. The fourth-order valence-electron chi connectivity index (χ4n) is 2.12. The molecule has 2 aromatic rings. The van der Waals surface area contributed by atoms with Gasteiger partial charge in [-0.05, 0) is 31.2 Å². The van der Waals surface area contributed by atoms with Crippen LogP contribution in [0.4, 0.5) is 5.69 Å². The molecule has 0 spiro atoms. The maximum Gasteiger partial charge on any atom is 0.265 e. The monoisotopic (exact) mass is 328 g/mol. The van der Waals surface area contributed by atoms with E-state index in [0.29, 0.717) is 22.7 Å².